The second-order valence-corrected chi connectivity index (χ2v) is 8.76. The average Bonchev–Trinajstić information content (AvgIpc) is 3.03. The molecular weight excluding hydrogens is 410 g/mol. The van der Waals surface area contributed by atoms with Crippen molar-refractivity contribution in [1.29, 1.82) is 0 Å². The predicted molar refractivity (Wildman–Crippen MR) is 118 cm³/mol. The minimum Gasteiger partial charge on any atom is -0.492 e. The molecule has 1 aromatic heterocycles. The summed E-state index contributed by atoms with van der Waals surface area (Å²) >= 11 is 0. The van der Waals surface area contributed by atoms with Gasteiger partial charge in [0.1, 0.15) is 17.4 Å². The van der Waals surface area contributed by atoms with Crippen molar-refractivity contribution in [3.63, 3.8) is 0 Å². The number of rotatable bonds is 9. The van der Waals surface area contributed by atoms with Crippen LogP contribution >= 0.6 is 0 Å². The Hall–Kier alpha value is -3.42. The van der Waals surface area contributed by atoms with Gasteiger partial charge in [-0.3, -0.25) is 19.4 Å². The number of hydrogen-bond acceptors (Lipinski definition) is 6. The number of benzene rings is 1. The molecule has 3 rings (SSSR count). The fourth-order valence-electron chi connectivity index (χ4n) is 3.62. The van der Waals surface area contributed by atoms with Gasteiger partial charge in [-0.05, 0) is 56.5 Å². The molecule has 0 fully saturated rings. The molecule has 1 aliphatic rings. The van der Waals surface area contributed by atoms with E-state index in [1.165, 1.54) is 4.90 Å². The van der Waals surface area contributed by atoms with Crippen LogP contribution in [0.5, 0.6) is 5.75 Å². The Kier molecular flexibility index (Phi) is 7.12. The maximum atomic E-state index is 12.9. The van der Waals surface area contributed by atoms with Gasteiger partial charge in [0.25, 0.3) is 5.91 Å². The summed E-state index contributed by atoms with van der Waals surface area (Å²) in [5.41, 5.74) is 7.35. The van der Waals surface area contributed by atoms with Crippen molar-refractivity contribution in [3.05, 3.63) is 59.4 Å². The Labute approximate surface area is 187 Å². The number of pyridine rings is 1. The lowest BCUT2D eigenvalue weighted by Crippen LogP contribution is -2.45. The lowest BCUT2D eigenvalue weighted by molar-refractivity contribution is -0.155. The van der Waals surface area contributed by atoms with Crippen molar-refractivity contribution < 1.29 is 23.9 Å². The molecule has 0 bridgehead atoms. The number of nitrogens with two attached hydrogens (primary N) is 1. The summed E-state index contributed by atoms with van der Waals surface area (Å²) in [6.07, 6.45) is 4.12. The highest BCUT2D eigenvalue weighted by molar-refractivity contribution is 6.01. The summed E-state index contributed by atoms with van der Waals surface area (Å²) in [4.78, 5) is 42.5. The number of carbonyl (C=O) groups excluding carboxylic acids is 3. The molecule has 1 aliphatic heterocycles. The maximum absolute atomic E-state index is 12.9. The third kappa shape index (κ3) is 6.06. The lowest BCUT2D eigenvalue weighted by atomic mass is 10.0. The van der Waals surface area contributed by atoms with Gasteiger partial charge in [0.15, 0.2) is 0 Å². The molecule has 32 heavy (non-hydrogen) atoms. The van der Waals surface area contributed by atoms with Crippen LogP contribution in [0.4, 0.5) is 0 Å². The lowest BCUT2D eigenvalue weighted by Gasteiger charge is -2.25. The van der Waals surface area contributed by atoms with Gasteiger partial charge in [0.2, 0.25) is 5.91 Å². The van der Waals surface area contributed by atoms with Crippen molar-refractivity contribution in [2.45, 2.75) is 58.2 Å². The van der Waals surface area contributed by atoms with E-state index in [1.54, 1.807) is 39.2 Å². The van der Waals surface area contributed by atoms with Gasteiger partial charge in [-0.1, -0.05) is 12.1 Å². The average molecular weight is 440 g/mol. The number of nitrogens with zero attached hydrogens (tertiary/aromatic N) is 2. The zero-order valence-corrected chi connectivity index (χ0v) is 18.7. The van der Waals surface area contributed by atoms with Gasteiger partial charge in [0, 0.05) is 31.1 Å². The Morgan fingerprint density at radius 3 is 2.69 bits per heavy atom. The molecule has 0 saturated carbocycles. The van der Waals surface area contributed by atoms with Crippen LogP contribution in [0.3, 0.4) is 0 Å². The molecule has 2 heterocycles. The highest BCUT2D eigenvalue weighted by Gasteiger charge is 2.36. The summed E-state index contributed by atoms with van der Waals surface area (Å²) in [5, 5.41) is 0. The van der Waals surface area contributed by atoms with Gasteiger partial charge in [-0.2, -0.15) is 0 Å². The molecule has 8 heteroatoms. The van der Waals surface area contributed by atoms with E-state index in [4.69, 9.17) is 15.2 Å². The maximum Gasteiger partial charge on any atom is 0.306 e. The van der Waals surface area contributed by atoms with Crippen molar-refractivity contribution in [2.24, 2.45) is 5.73 Å². The van der Waals surface area contributed by atoms with Crippen molar-refractivity contribution in [1.82, 2.24) is 9.88 Å². The van der Waals surface area contributed by atoms with Crippen LogP contribution in [0, 0.1) is 0 Å². The quantitative estimate of drug-likeness (QED) is 0.601. The third-order valence-electron chi connectivity index (χ3n) is 5.04. The van der Waals surface area contributed by atoms with E-state index in [9.17, 15) is 14.4 Å². The number of hydrogen-bond donors (Lipinski definition) is 1. The van der Waals surface area contributed by atoms with E-state index >= 15 is 0 Å². The second-order valence-electron chi connectivity index (χ2n) is 8.76. The summed E-state index contributed by atoms with van der Waals surface area (Å²) in [6.45, 7) is 6.07. The normalized spacial score (nSPS) is 14.1. The smallest absolute Gasteiger partial charge is 0.306 e. The first-order valence-corrected chi connectivity index (χ1v) is 10.6. The predicted octanol–water partition coefficient (Wildman–Crippen LogP) is 2.63. The number of esters is 1. The number of primary amides is 1. The van der Waals surface area contributed by atoms with Crippen LogP contribution < -0.4 is 10.5 Å². The molecule has 170 valence electrons. The number of ether oxygens (including phenoxy) is 2. The molecular formula is C24H29N3O5. The van der Waals surface area contributed by atoms with Gasteiger partial charge in [-0.25, -0.2) is 0 Å². The van der Waals surface area contributed by atoms with Crippen LogP contribution in [0.1, 0.15) is 55.1 Å². The van der Waals surface area contributed by atoms with Crippen LogP contribution in [0.15, 0.2) is 42.7 Å². The topological polar surface area (TPSA) is 112 Å². The minimum atomic E-state index is -0.875. The van der Waals surface area contributed by atoms with E-state index in [0.29, 0.717) is 24.3 Å². The SMILES string of the molecule is CC(C)(C)OC(=O)CC[C@@H](C(N)=O)N1Cc2cc(CCOc3cccnc3)ccc2C1=O. The minimum absolute atomic E-state index is 0.00192. The van der Waals surface area contributed by atoms with Crippen molar-refractivity contribution in [3.8, 4) is 5.75 Å². The number of amides is 2. The molecule has 2 N–H and O–H groups in total. The van der Waals surface area contributed by atoms with Crippen LogP contribution in [0.25, 0.3) is 0 Å². The summed E-state index contributed by atoms with van der Waals surface area (Å²) < 4.78 is 11.0. The molecule has 2 amide bonds. The highest BCUT2D eigenvalue weighted by atomic mass is 16.6. The van der Waals surface area contributed by atoms with Crippen LogP contribution in [-0.2, 0) is 27.3 Å². The summed E-state index contributed by atoms with van der Waals surface area (Å²) in [7, 11) is 0. The number of aromatic nitrogens is 1. The van der Waals surface area contributed by atoms with E-state index in [2.05, 4.69) is 4.98 Å². The van der Waals surface area contributed by atoms with Crippen molar-refractivity contribution >= 4 is 17.8 Å². The largest absolute Gasteiger partial charge is 0.492 e. The Morgan fingerprint density at radius 2 is 2.03 bits per heavy atom. The number of carbonyl (C=O) groups is 3. The first-order valence-electron chi connectivity index (χ1n) is 10.6. The fourth-order valence-corrected chi connectivity index (χ4v) is 3.62. The molecule has 0 saturated heterocycles. The van der Waals surface area contributed by atoms with Gasteiger partial charge >= 0.3 is 5.97 Å². The van der Waals surface area contributed by atoms with Gasteiger partial charge in [-0.15, -0.1) is 0 Å². The molecule has 0 spiro atoms. The summed E-state index contributed by atoms with van der Waals surface area (Å²) in [6, 6.07) is 8.37. The van der Waals surface area contributed by atoms with E-state index in [1.807, 2.05) is 24.3 Å². The molecule has 2 aromatic rings. The van der Waals surface area contributed by atoms with E-state index in [0.717, 1.165) is 11.1 Å². The number of fused-ring (bicyclic) bond motifs is 1. The first-order chi connectivity index (χ1) is 15.1. The van der Waals surface area contributed by atoms with Crippen LogP contribution in [-0.4, -0.2) is 45.9 Å². The second kappa shape index (κ2) is 9.80. The molecule has 0 unspecified atom stereocenters. The monoisotopic (exact) mass is 439 g/mol. The molecule has 0 radical (unpaired) electrons. The van der Waals surface area contributed by atoms with Gasteiger partial charge in [0.05, 0.1) is 12.8 Å². The molecule has 0 aliphatic carbocycles. The molecule has 1 atom stereocenters. The Bertz CT molecular complexity index is 985. The zero-order chi connectivity index (χ0) is 23.3. The third-order valence-corrected chi connectivity index (χ3v) is 5.04. The highest BCUT2D eigenvalue weighted by Crippen LogP contribution is 2.27. The van der Waals surface area contributed by atoms with Crippen LogP contribution in [0.2, 0.25) is 0 Å². The zero-order valence-electron chi connectivity index (χ0n) is 18.7. The van der Waals surface area contributed by atoms with E-state index < -0.39 is 23.5 Å². The molecule has 8 nitrogen and oxygen atoms in total. The molecule has 1 aromatic carbocycles. The standard InChI is InChI=1S/C24H29N3O5/c1-24(2,3)32-21(28)9-8-20(22(25)29)27-15-17-13-16(6-7-19(17)23(27)30)10-12-31-18-5-4-11-26-14-18/h4-7,11,13-14,20H,8-10,12,15H2,1-3H3,(H2,25,29)/t20-/m0/s1. The van der Waals surface area contributed by atoms with Gasteiger partial charge < -0.3 is 20.1 Å². The Morgan fingerprint density at radius 1 is 1.25 bits per heavy atom. The van der Waals surface area contributed by atoms with Crippen molar-refractivity contribution in [2.75, 3.05) is 6.61 Å². The Balaban J connectivity index is 1.62. The first kappa shape index (κ1) is 23.2. The summed E-state index contributed by atoms with van der Waals surface area (Å²) in [5.74, 6) is -0.626. The van der Waals surface area contributed by atoms with E-state index in [-0.39, 0.29) is 25.3 Å². The fraction of sp³-hybridized carbons (Fsp3) is 0.417.